The predicted molar refractivity (Wildman–Crippen MR) is 101 cm³/mol. The number of aryl methyl sites for hydroxylation is 2. The van der Waals surface area contributed by atoms with Crippen LogP contribution in [0.15, 0.2) is 35.0 Å². The van der Waals surface area contributed by atoms with Crippen molar-refractivity contribution in [3.05, 3.63) is 53.2 Å². The van der Waals surface area contributed by atoms with Gasteiger partial charge in [0.2, 0.25) is 5.91 Å². The van der Waals surface area contributed by atoms with Crippen LogP contribution in [0.4, 0.5) is 0 Å². The summed E-state index contributed by atoms with van der Waals surface area (Å²) >= 11 is 0. The maximum absolute atomic E-state index is 12.5. The molecule has 1 aliphatic heterocycles. The van der Waals surface area contributed by atoms with E-state index in [4.69, 9.17) is 4.52 Å². The predicted octanol–water partition coefficient (Wildman–Crippen LogP) is 2.22. The van der Waals surface area contributed by atoms with E-state index in [0.717, 1.165) is 61.0 Å². The lowest BCUT2D eigenvalue weighted by atomic mass is 10.1. The summed E-state index contributed by atoms with van der Waals surface area (Å²) < 4.78 is 7.08. The Morgan fingerprint density at radius 1 is 1.19 bits per heavy atom. The van der Waals surface area contributed by atoms with E-state index in [1.165, 1.54) is 0 Å². The number of fused-ring (bicyclic) bond motifs is 1. The number of piperazine rings is 1. The molecule has 0 radical (unpaired) electrons. The first-order valence-corrected chi connectivity index (χ1v) is 9.45. The Balaban J connectivity index is 1.27. The number of hydrogen-bond acceptors (Lipinski definition) is 5. The number of carbonyl (C=O) groups is 1. The molecule has 0 spiro atoms. The van der Waals surface area contributed by atoms with Gasteiger partial charge < -0.3 is 9.42 Å². The number of nitrogens with zero attached hydrogens (tertiary/aromatic N) is 5. The highest BCUT2D eigenvalue weighted by Crippen LogP contribution is 2.16. The zero-order valence-electron chi connectivity index (χ0n) is 15.9. The zero-order chi connectivity index (χ0) is 18.8. The summed E-state index contributed by atoms with van der Waals surface area (Å²) in [5.74, 6) is 1.03. The Morgan fingerprint density at radius 2 is 2.00 bits per heavy atom. The van der Waals surface area contributed by atoms with E-state index in [1.54, 1.807) is 0 Å². The molecule has 1 aliphatic rings. The number of rotatable bonds is 5. The second-order valence-corrected chi connectivity index (χ2v) is 7.17. The molecule has 0 atom stereocenters. The third-order valence-corrected chi connectivity index (χ3v) is 5.30. The highest BCUT2D eigenvalue weighted by molar-refractivity contribution is 5.76. The van der Waals surface area contributed by atoms with Gasteiger partial charge in [-0.1, -0.05) is 11.2 Å². The largest absolute Gasteiger partial charge is 0.361 e. The topological polar surface area (TPSA) is 66.9 Å². The molecule has 0 N–H and O–H groups in total. The second-order valence-electron chi connectivity index (χ2n) is 7.17. The van der Waals surface area contributed by atoms with Crippen LogP contribution in [0.3, 0.4) is 0 Å². The average molecular weight is 367 g/mol. The van der Waals surface area contributed by atoms with E-state index >= 15 is 0 Å². The third kappa shape index (κ3) is 3.88. The van der Waals surface area contributed by atoms with Crippen LogP contribution in [0, 0.1) is 13.8 Å². The van der Waals surface area contributed by atoms with Crippen molar-refractivity contribution in [2.75, 3.05) is 26.2 Å². The van der Waals surface area contributed by atoms with Gasteiger partial charge >= 0.3 is 0 Å². The molecule has 0 unspecified atom stereocenters. The summed E-state index contributed by atoms with van der Waals surface area (Å²) in [6.07, 6.45) is 3.17. The van der Waals surface area contributed by atoms with E-state index < -0.39 is 0 Å². The van der Waals surface area contributed by atoms with Crippen molar-refractivity contribution in [1.82, 2.24) is 24.6 Å². The summed E-state index contributed by atoms with van der Waals surface area (Å²) in [5, 5.41) is 8.57. The van der Waals surface area contributed by atoms with E-state index in [2.05, 4.69) is 27.3 Å². The second kappa shape index (κ2) is 7.52. The highest BCUT2D eigenvalue weighted by atomic mass is 16.5. The molecule has 3 aromatic rings. The summed E-state index contributed by atoms with van der Waals surface area (Å²) in [4.78, 5) is 16.9. The first-order valence-electron chi connectivity index (χ1n) is 9.45. The lowest BCUT2D eigenvalue weighted by Gasteiger charge is -2.34. The van der Waals surface area contributed by atoms with Gasteiger partial charge in [-0.15, -0.1) is 0 Å². The van der Waals surface area contributed by atoms with E-state index in [-0.39, 0.29) is 5.91 Å². The number of pyridine rings is 1. The SMILES string of the molecule is Cc1noc(C)c1CCC(=O)N1CCN(Cc2cc3ccccn3n2)CC1. The lowest BCUT2D eigenvalue weighted by Crippen LogP contribution is -2.48. The average Bonchev–Trinajstić information content (AvgIpc) is 3.23. The van der Waals surface area contributed by atoms with E-state index in [9.17, 15) is 4.79 Å². The minimum Gasteiger partial charge on any atom is -0.361 e. The third-order valence-electron chi connectivity index (χ3n) is 5.30. The van der Waals surface area contributed by atoms with Crippen LogP contribution in [-0.4, -0.2) is 56.7 Å². The minimum absolute atomic E-state index is 0.211. The molecule has 27 heavy (non-hydrogen) atoms. The molecule has 142 valence electrons. The monoisotopic (exact) mass is 367 g/mol. The van der Waals surface area contributed by atoms with Crippen molar-refractivity contribution >= 4 is 11.4 Å². The fraction of sp³-hybridized carbons (Fsp3) is 0.450. The van der Waals surface area contributed by atoms with Crippen LogP contribution in [0.5, 0.6) is 0 Å². The minimum atomic E-state index is 0.211. The van der Waals surface area contributed by atoms with Gasteiger partial charge in [-0.2, -0.15) is 5.10 Å². The highest BCUT2D eigenvalue weighted by Gasteiger charge is 2.22. The lowest BCUT2D eigenvalue weighted by molar-refractivity contribution is -0.133. The van der Waals surface area contributed by atoms with Gasteiger partial charge in [0.1, 0.15) is 5.76 Å². The normalized spacial score (nSPS) is 15.6. The molecule has 3 aromatic heterocycles. The number of aromatic nitrogens is 3. The summed E-state index contributed by atoms with van der Waals surface area (Å²) in [6.45, 7) is 7.95. The van der Waals surface area contributed by atoms with Gasteiger partial charge in [0, 0.05) is 50.9 Å². The standard InChI is InChI=1S/C20H25N5O2/c1-15-19(16(2)27-22-15)6-7-20(26)24-11-9-23(10-12-24)14-17-13-18-5-3-4-8-25(18)21-17/h3-5,8,13H,6-7,9-12,14H2,1-2H3. The van der Waals surface area contributed by atoms with Crippen LogP contribution in [-0.2, 0) is 17.8 Å². The van der Waals surface area contributed by atoms with Gasteiger partial charge in [-0.05, 0) is 38.5 Å². The van der Waals surface area contributed by atoms with Gasteiger partial charge in [-0.25, -0.2) is 4.52 Å². The maximum atomic E-state index is 12.5. The molecule has 4 heterocycles. The summed E-state index contributed by atoms with van der Waals surface area (Å²) in [7, 11) is 0. The van der Waals surface area contributed by atoms with Crippen molar-refractivity contribution in [3.63, 3.8) is 0 Å². The molecule has 1 saturated heterocycles. The fourth-order valence-corrected chi connectivity index (χ4v) is 3.70. The van der Waals surface area contributed by atoms with Gasteiger partial charge in [-0.3, -0.25) is 9.69 Å². The first kappa shape index (κ1) is 17.7. The molecule has 7 heteroatoms. The van der Waals surface area contributed by atoms with Crippen molar-refractivity contribution in [3.8, 4) is 0 Å². The molecule has 0 bridgehead atoms. The Hall–Kier alpha value is -2.67. The molecule has 1 fully saturated rings. The molecule has 0 aromatic carbocycles. The van der Waals surface area contributed by atoms with Crippen LogP contribution in [0.25, 0.3) is 5.52 Å². The van der Waals surface area contributed by atoms with Crippen molar-refractivity contribution in [2.45, 2.75) is 33.2 Å². The molecule has 0 aliphatic carbocycles. The molecular weight excluding hydrogens is 342 g/mol. The quantitative estimate of drug-likeness (QED) is 0.692. The molecule has 0 saturated carbocycles. The van der Waals surface area contributed by atoms with Crippen LogP contribution < -0.4 is 0 Å². The molecule has 4 rings (SSSR count). The smallest absolute Gasteiger partial charge is 0.222 e. The molecule has 7 nitrogen and oxygen atoms in total. The Labute approximate surface area is 158 Å². The zero-order valence-corrected chi connectivity index (χ0v) is 15.9. The van der Waals surface area contributed by atoms with Gasteiger partial charge in [0.05, 0.1) is 16.9 Å². The van der Waals surface area contributed by atoms with Gasteiger partial charge in [0.15, 0.2) is 0 Å². The summed E-state index contributed by atoms with van der Waals surface area (Å²) in [5.41, 5.74) is 4.13. The number of hydrogen-bond donors (Lipinski definition) is 0. The Bertz CT molecular complexity index is 884. The first-order chi connectivity index (χ1) is 13.1. The molecular formula is C20H25N5O2. The molecule has 1 amide bonds. The summed E-state index contributed by atoms with van der Waals surface area (Å²) in [6, 6.07) is 8.19. The number of amides is 1. The number of carbonyl (C=O) groups excluding carboxylic acids is 1. The Kier molecular flexibility index (Phi) is 4.94. The fourth-order valence-electron chi connectivity index (χ4n) is 3.70. The van der Waals surface area contributed by atoms with Crippen LogP contribution in [0.2, 0.25) is 0 Å². The van der Waals surface area contributed by atoms with E-state index in [0.29, 0.717) is 12.8 Å². The van der Waals surface area contributed by atoms with Gasteiger partial charge in [0.25, 0.3) is 0 Å². The van der Waals surface area contributed by atoms with Crippen molar-refractivity contribution in [2.24, 2.45) is 0 Å². The van der Waals surface area contributed by atoms with Crippen molar-refractivity contribution < 1.29 is 9.32 Å². The Morgan fingerprint density at radius 3 is 2.70 bits per heavy atom. The van der Waals surface area contributed by atoms with E-state index in [1.807, 2.05) is 41.6 Å². The van der Waals surface area contributed by atoms with Crippen molar-refractivity contribution in [1.29, 1.82) is 0 Å². The van der Waals surface area contributed by atoms with Crippen LogP contribution >= 0.6 is 0 Å². The van der Waals surface area contributed by atoms with Crippen LogP contribution in [0.1, 0.15) is 29.1 Å². The maximum Gasteiger partial charge on any atom is 0.222 e.